The van der Waals surface area contributed by atoms with E-state index in [9.17, 15) is 15.0 Å². The fourth-order valence-electron chi connectivity index (χ4n) is 2.02. The van der Waals surface area contributed by atoms with E-state index in [1.54, 1.807) is 12.1 Å². The average Bonchev–Trinajstić information content (AvgIpc) is 2.53. The largest absolute Gasteiger partial charge is 0.389 e. The number of thioether (sulfide) groups is 1. The highest BCUT2D eigenvalue weighted by Gasteiger charge is 2.19. The predicted molar refractivity (Wildman–Crippen MR) is 86.0 cm³/mol. The van der Waals surface area contributed by atoms with Crippen LogP contribution in [0, 0.1) is 0 Å². The van der Waals surface area contributed by atoms with Crippen LogP contribution in [0.3, 0.4) is 0 Å². The molecule has 2 aromatic carbocycles. The lowest BCUT2D eigenvalue weighted by molar-refractivity contribution is -0.109. The Kier molecular flexibility index (Phi) is 5.56. The Labute approximate surface area is 128 Å². The molecular weight excluding hydrogens is 284 g/mol. The quantitative estimate of drug-likeness (QED) is 0.891. The minimum Gasteiger partial charge on any atom is -0.389 e. The summed E-state index contributed by atoms with van der Waals surface area (Å²) in [5.41, 5.74) is 2.80. The summed E-state index contributed by atoms with van der Waals surface area (Å²) in [5.74, 6) is 0.191. The Morgan fingerprint density at radius 1 is 1.00 bits per heavy atom. The summed E-state index contributed by atoms with van der Waals surface area (Å²) < 4.78 is 0. The fourth-order valence-corrected chi connectivity index (χ4v) is 2.61. The fraction of sp³-hybridized carbons (Fsp3) is 0.235. The van der Waals surface area contributed by atoms with Crippen LogP contribution in [0.5, 0.6) is 0 Å². The van der Waals surface area contributed by atoms with Gasteiger partial charge < -0.3 is 10.2 Å². The van der Waals surface area contributed by atoms with Crippen molar-refractivity contribution in [2.45, 2.75) is 19.1 Å². The van der Waals surface area contributed by atoms with Crippen molar-refractivity contribution < 1.29 is 15.0 Å². The Bertz CT molecular complexity index is 581. The Balaban J connectivity index is 2.06. The zero-order valence-electron chi connectivity index (χ0n) is 11.8. The molecule has 0 aliphatic rings. The predicted octanol–water partition coefficient (Wildman–Crippen LogP) is 3.03. The van der Waals surface area contributed by atoms with E-state index in [0.29, 0.717) is 5.56 Å². The van der Waals surface area contributed by atoms with Crippen LogP contribution in [0.15, 0.2) is 54.6 Å². The third kappa shape index (κ3) is 4.43. The molecule has 0 saturated carbocycles. The Morgan fingerprint density at radius 3 is 2.14 bits per heavy atom. The smallest absolute Gasteiger partial charge is 0.185 e. The zero-order valence-corrected chi connectivity index (χ0v) is 12.6. The molecule has 2 aromatic rings. The molecule has 21 heavy (non-hydrogen) atoms. The summed E-state index contributed by atoms with van der Waals surface area (Å²) in [4.78, 5) is 10.9. The summed E-state index contributed by atoms with van der Waals surface area (Å²) in [6.45, 7) is 1.44. The summed E-state index contributed by atoms with van der Waals surface area (Å²) in [6, 6.07) is 17.4. The molecule has 2 atom stereocenters. The second-order valence-corrected chi connectivity index (χ2v) is 6.00. The number of aliphatic hydroxyl groups is 2. The molecule has 2 unspecified atom stereocenters. The molecule has 0 bridgehead atoms. The van der Waals surface area contributed by atoms with E-state index >= 15 is 0 Å². The van der Waals surface area contributed by atoms with Gasteiger partial charge in [-0.05, 0) is 16.7 Å². The van der Waals surface area contributed by atoms with Crippen molar-refractivity contribution in [2.24, 2.45) is 0 Å². The maximum Gasteiger partial charge on any atom is 0.185 e. The lowest BCUT2D eigenvalue weighted by atomic mass is 10.0. The first-order chi connectivity index (χ1) is 10.1. The summed E-state index contributed by atoms with van der Waals surface area (Å²) >= 11 is 1.01. The number of benzene rings is 2. The van der Waals surface area contributed by atoms with E-state index in [2.05, 4.69) is 0 Å². The van der Waals surface area contributed by atoms with Gasteiger partial charge in [0.2, 0.25) is 0 Å². The highest BCUT2D eigenvalue weighted by molar-refractivity contribution is 8.13. The van der Waals surface area contributed by atoms with E-state index in [-0.39, 0.29) is 10.9 Å². The van der Waals surface area contributed by atoms with Gasteiger partial charge in [0.25, 0.3) is 0 Å². The van der Waals surface area contributed by atoms with Crippen LogP contribution in [-0.2, 0) is 4.79 Å². The van der Waals surface area contributed by atoms with Crippen molar-refractivity contribution in [3.05, 3.63) is 60.2 Å². The van der Waals surface area contributed by atoms with Gasteiger partial charge in [-0.3, -0.25) is 4.79 Å². The van der Waals surface area contributed by atoms with E-state index < -0.39 is 12.2 Å². The first-order valence-corrected chi connectivity index (χ1v) is 7.71. The maximum atomic E-state index is 10.9. The number of rotatable bonds is 5. The van der Waals surface area contributed by atoms with Crippen LogP contribution in [0.25, 0.3) is 11.1 Å². The van der Waals surface area contributed by atoms with Gasteiger partial charge >= 0.3 is 0 Å². The summed E-state index contributed by atoms with van der Waals surface area (Å²) in [7, 11) is 0. The normalized spacial score (nSPS) is 13.7. The molecule has 0 saturated heterocycles. The van der Waals surface area contributed by atoms with Crippen molar-refractivity contribution in [2.75, 3.05) is 5.75 Å². The van der Waals surface area contributed by atoms with Crippen LogP contribution >= 0.6 is 11.8 Å². The molecule has 0 radical (unpaired) electrons. The third-order valence-corrected chi connectivity index (χ3v) is 4.10. The molecule has 4 heteroatoms. The Hall–Kier alpha value is -1.62. The minimum absolute atomic E-state index is 0.0688. The van der Waals surface area contributed by atoms with Crippen molar-refractivity contribution in [1.29, 1.82) is 0 Å². The van der Waals surface area contributed by atoms with E-state index in [1.165, 1.54) is 6.92 Å². The number of aliphatic hydroxyl groups excluding tert-OH is 2. The SMILES string of the molecule is CC(=O)SCC(O)C(O)c1ccc(-c2ccccc2)cc1. The second kappa shape index (κ2) is 7.41. The van der Waals surface area contributed by atoms with Gasteiger partial charge in [0.15, 0.2) is 5.12 Å². The molecule has 0 amide bonds. The second-order valence-electron chi connectivity index (χ2n) is 4.80. The van der Waals surface area contributed by atoms with Crippen LogP contribution in [0.4, 0.5) is 0 Å². The highest BCUT2D eigenvalue weighted by Crippen LogP contribution is 2.24. The molecular formula is C17H18O3S. The molecule has 0 aliphatic heterocycles. The maximum absolute atomic E-state index is 10.9. The van der Waals surface area contributed by atoms with Gasteiger partial charge in [-0.15, -0.1) is 0 Å². The average molecular weight is 302 g/mol. The van der Waals surface area contributed by atoms with Crippen LogP contribution < -0.4 is 0 Å². The molecule has 110 valence electrons. The van der Waals surface area contributed by atoms with E-state index in [4.69, 9.17) is 0 Å². The number of carbonyl (C=O) groups is 1. The molecule has 2 rings (SSSR count). The molecule has 0 aromatic heterocycles. The highest BCUT2D eigenvalue weighted by atomic mass is 32.2. The molecule has 0 fully saturated rings. The van der Waals surface area contributed by atoms with Crippen LogP contribution in [0.1, 0.15) is 18.6 Å². The van der Waals surface area contributed by atoms with Gasteiger partial charge in [-0.1, -0.05) is 66.4 Å². The van der Waals surface area contributed by atoms with E-state index in [1.807, 2.05) is 42.5 Å². The molecule has 3 nitrogen and oxygen atoms in total. The van der Waals surface area contributed by atoms with Gasteiger partial charge in [-0.2, -0.15) is 0 Å². The van der Waals surface area contributed by atoms with Crippen molar-refractivity contribution >= 4 is 16.9 Å². The standard InChI is InChI=1S/C17H18O3S/c1-12(18)21-11-16(19)17(20)15-9-7-14(8-10-15)13-5-3-2-4-6-13/h2-10,16-17,19-20H,11H2,1H3. The van der Waals surface area contributed by atoms with Gasteiger partial charge in [0, 0.05) is 12.7 Å². The first-order valence-electron chi connectivity index (χ1n) is 6.73. The van der Waals surface area contributed by atoms with Crippen molar-refractivity contribution in [3.63, 3.8) is 0 Å². The monoisotopic (exact) mass is 302 g/mol. The summed E-state index contributed by atoms with van der Waals surface area (Å²) in [5, 5.41) is 19.9. The molecule has 0 spiro atoms. The molecule has 0 aliphatic carbocycles. The lowest BCUT2D eigenvalue weighted by Gasteiger charge is -2.17. The number of hydrogen-bond donors (Lipinski definition) is 2. The lowest BCUT2D eigenvalue weighted by Crippen LogP contribution is -2.21. The van der Waals surface area contributed by atoms with E-state index in [0.717, 1.165) is 22.9 Å². The van der Waals surface area contributed by atoms with Gasteiger partial charge in [-0.25, -0.2) is 0 Å². The van der Waals surface area contributed by atoms with Crippen molar-refractivity contribution in [1.82, 2.24) is 0 Å². The molecule has 0 heterocycles. The van der Waals surface area contributed by atoms with Gasteiger partial charge in [0.1, 0.15) is 6.10 Å². The topological polar surface area (TPSA) is 57.5 Å². The number of hydrogen-bond acceptors (Lipinski definition) is 4. The van der Waals surface area contributed by atoms with Crippen LogP contribution in [0.2, 0.25) is 0 Å². The van der Waals surface area contributed by atoms with Crippen molar-refractivity contribution in [3.8, 4) is 11.1 Å². The minimum atomic E-state index is -0.985. The van der Waals surface area contributed by atoms with Crippen LogP contribution in [-0.4, -0.2) is 27.2 Å². The zero-order chi connectivity index (χ0) is 15.2. The first kappa shape index (κ1) is 15.8. The third-order valence-electron chi connectivity index (χ3n) is 3.18. The Morgan fingerprint density at radius 2 is 1.57 bits per heavy atom. The molecule has 2 N–H and O–H groups in total. The summed E-state index contributed by atoms with van der Waals surface area (Å²) in [6.07, 6.45) is -1.94. The number of carbonyl (C=O) groups excluding carboxylic acids is 1. The van der Waals surface area contributed by atoms with Gasteiger partial charge in [0.05, 0.1) is 6.10 Å².